The fourth-order valence-electron chi connectivity index (χ4n) is 2.99. The van der Waals surface area contributed by atoms with Crippen molar-refractivity contribution in [1.29, 1.82) is 0 Å². The summed E-state index contributed by atoms with van der Waals surface area (Å²) in [6.07, 6.45) is 1.78. The van der Waals surface area contributed by atoms with Gasteiger partial charge in [0, 0.05) is 22.6 Å². The molecule has 0 bridgehead atoms. The highest BCUT2D eigenvalue weighted by Gasteiger charge is 2.30. The van der Waals surface area contributed by atoms with Gasteiger partial charge >= 0.3 is 10.2 Å². The number of benzene rings is 2. The normalized spacial score (nSPS) is 17.7. The van der Waals surface area contributed by atoms with E-state index in [0.717, 1.165) is 16.4 Å². The molecule has 1 fully saturated rings. The largest absolute Gasteiger partial charge is 0.349 e. The highest BCUT2D eigenvalue weighted by Crippen LogP contribution is 2.33. The van der Waals surface area contributed by atoms with E-state index in [4.69, 9.17) is 0 Å². The number of piperidine rings is 1. The van der Waals surface area contributed by atoms with Crippen molar-refractivity contribution in [3.05, 3.63) is 51.4 Å². The van der Waals surface area contributed by atoms with Crippen LogP contribution in [-0.2, 0) is 15.0 Å². The Kier molecular flexibility index (Phi) is 6.69. The number of nitrogens with one attached hydrogen (secondary N) is 2. The zero-order chi connectivity index (χ0) is 21.2. The highest BCUT2D eigenvalue weighted by molar-refractivity contribution is 14.1. The molecule has 2 aromatic carbocycles. The number of halogens is 4. The van der Waals surface area contributed by atoms with Crippen molar-refractivity contribution < 1.29 is 26.4 Å². The van der Waals surface area contributed by atoms with Crippen LogP contribution in [-0.4, -0.2) is 32.1 Å². The number of aldehydes is 1. The Morgan fingerprint density at radius 3 is 2.52 bits per heavy atom. The molecule has 0 spiro atoms. The van der Waals surface area contributed by atoms with E-state index >= 15 is 0 Å². The Bertz CT molecular complexity index is 1040. The summed E-state index contributed by atoms with van der Waals surface area (Å²) >= 11 is 1.90. The maximum absolute atomic E-state index is 14.4. The molecule has 1 unspecified atom stereocenters. The summed E-state index contributed by atoms with van der Waals surface area (Å²) in [6, 6.07) is 5.90. The topological polar surface area (TPSA) is 78.5 Å². The Labute approximate surface area is 179 Å². The van der Waals surface area contributed by atoms with E-state index < -0.39 is 39.3 Å². The maximum Gasteiger partial charge on any atom is 0.301 e. The first-order chi connectivity index (χ1) is 13.7. The fourth-order valence-corrected chi connectivity index (χ4v) is 4.78. The number of hydrogen-bond donors (Lipinski definition) is 2. The number of rotatable bonds is 6. The Morgan fingerprint density at radius 2 is 1.83 bits per heavy atom. The minimum atomic E-state index is -4.14. The first kappa shape index (κ1) is 21.8. The monoisotopic (exact) mass is 539 g/mol. The van der Waals surface area contributed by atoms with Gasteiger partial charge in [0.1, 0.15) is 17.8 Å². The van der Waals surface area contributed by atoms with E-state index in [1.54, 1.807) is 6.07 Å². The van der Waals surface area contributed by atoms with Gasteiger partial charge in [-0.1, -0.05) is 0 Å². The molecule has 0 aromatic heterocycles. The van der Waals surface area contributed by atoms with E-state index in [1.165, 1.54) is 12.1 Å². The van der Waals surface area contributed by atoms with Crippen LogP contribution in [0.3, 0.4) is 0 Å². The van der Waals surface area contributed by atoms with Crippen LogP contribution in [0.5, 0.6) is 0 Å². The summed E-state index contributed by atoms with van der Waals surface area (Å²) in [5.41, 5.74) is -0.970. The minimum absolute atomic E-state index is 0.00295. The van der Waals surface area contributed by atoms with Gasteiger partial charge in [-0.05, 0) is 65.8 Å². The Morgan fingerprint density at radius 1 is 1.10 bits per heavy atom. The first-order valence-corrected chi connectivity index (χ1v) is 11.2. The molecule has 3 rings (SSSR count). The second-order valence-electron chi connectivity index (χ2n) is 6.54. The van der Waals surface area contributed by atoms with Gasteiger partial charge in [0.2, 0.25) is 0 Å². The predicted molar refractivity (Wildman–Crippen MR) is 112 cm³/mol. The van der Waals surface area contributed by atoms with Crippen molar-refractivity contribution in [3.8, 4) is 0 Å². The zero-order valence-corrected chi connectivity index (χ0v) is 17.9. The van der Waals surface area contributed by atoms with Gasteiger partial charge in [-0.2, -0.15) is 12.7 Å². The van der Waals surface area contributed by atoms with E-state index in [9.17, 15) is 26.4 Å². The van der Waals surface area contributed by atoms with E-state index in [1.807, 2.05) is 22.6 Å². The van der Waals surface area contributed by atoms with Crippen molar-refractivity contribution in [3.63, 3.8) is 0 Å². The predicted octanol–water partition coefficient (Wildman–Crippen LogP) is 4.02. The average molecular weight is 539 g/mol. The third kappa shape index (κ3) is 5.01. The molecule has 1 heterocycles. The van der Waals surface area contributed by atoms with Crippen LogP contribution < -0.4 is 10.0 Å². The fraction of sp³-hybridized carbons (Fsp3) is 0.278. The lowest BCUT2D eigenvalue weighted by Gasteiger charge is -2.29. The van der Waals surface area contributed by atoms with Crippen LogP contribution in [0.2, 0.25) is 0 Å². The lowest BCUT2D eigenvalue weighted by atomic mass is 10.0. The SMILES string of the molecule is O=CC1CCCN(S(=O)(=O)Nc2ccc(F)c(F)c2Nc2ccc(I)cc2F)C1. The van der Waals surface area contributed by atoms with Crippen LogP contribution in [0.25, 0.3) is 0 Å². The molecule has 1 aliphatic heterocycles. The van der Waals surface area contributed by atoms with Crippen molar-refractivity contribution in [2.24, 2.45) is 5.92 Å². The van der Waals surface area contributed by atoms with Gasteiger partial charge in [0.15, 0.2) is 11.6 Å². The molecule has 0 amide bonds. The smallest absolute Gasteiger partial charge is 0.301 e. The molecule has 156 valence electrons. The second kappa shape index (κ2) is 8.88. The van der Waals surface area contributed by atoms with E-state index in [0.29, 0.717) is 22.7 Å². The van der Waals surface area contributed by atoms with Crippen LogP contribution in [0.15, 0.2) is 30.3 Å². The molecule has 2 aromatic rings. The quantitative estimate of drug-likeness (QED) is 0.430. The number of carbonyl (C=O) groups excluding carboxylic acids is 1. The summed E-state index contributed by atoms with van der Waals surface area (Å²) in [5.74, 6) is -3.71. The van der Waals surface area contributed by atoms with Crippen molar-refractivity contribution in [1.82, 2.24) is 4.31 Å². The molecule has 0 radical (unpaired) electrons. The second-order valence-corrected chi connectivity index (χ2v) is 9.45. The van der Waals surface area contributed by atoms with Crippen LogP contribution in [0, 0.1) is 26.9 Å². The molecule has 1 saturated heterocycles. The minimum Gasteiger partial charge on any atom is -0.349 e. The van der Waals surface area contributed by atoms with Crippen LogP contribution in [0.4, 0.5) is 30.2 Å². The van der Waals surface area contributed by atoms with Gasteiger partial charge in [0.25, 0.3) is 0 Å². The third-order valence-electron chi connectivity index (χ3n) is 4.48. The van der Waals surface area contributed by atoms with E-state index in [2.05, 4.69) is 10.0 Å². The molecular formula is C18H17F3IN3O3S. The average Bonchev–Trinajstić information content (AvgIpc) is 2.69. The van der Waals surface area contributed by atoms with Crippen molar-refractivity contribution in [2.45, 2.75) is 12.8 Å². The number of nitrogens with zero attached hydrogens (tertiary/aromatic N) is 1. The molecule has 1 atom stereocenters. The van der Waals surface area contributed by atoms with Gasteiger partial charge < -0.3 is 10.1 Å². The summed E-state index contributed by atoms with van der Waals surface area (Å²) in [7, 11) is -4.14. The lowest BCUT2D eigenvalue weighted by molar-refractivity contribution is -0.112. The van der Waals surface area contributed by atoms with Crippen LogP contribution in [0.1, 0.15) is 12.8 Å². The molecule has 29 heavy (non-hydrogen) atoms. The Balaban J connectivity index is 1.93. The van der Waals surface area contributed by atoms with E-state index in [-0.39, 0.29) is 24.5 Å². The van der Waals surface area contributed by atoms with Crippen LogP contribution >= 0.6 is 22.6 Å². The highest BCUT2D eigenvalue weighted by atomic mass is 127. The maximum atomic E-state index is 14.4. The van der Waals surface area contributed by atoms with Gasteiger partial charge in [-0.15, -0.1) is 0 Å². The van der Waals surface area contributed by atoms with Gasteiger partial charge in [-0.3, -0.25) is 4.72 Å². The molecule has 0 saturated carbocycles. The van der Waals surface area contributed by atoms with Gasteiger partial charge in [-0.25, -0.2) is 13.2 Å². The van der Waals surface area contributed by atoms with Crippen molar-refractivity contribution >= 4 is 56.1 Å². The standard InChI is InChI=1S/C18H17F3IN3O3S/c19-13-4-6-16(24-29(27,28)25-7-1-2-11(9-25)10-26)18(17(13)21)23-15-5-3-12(22)8-14(15)20/h3-6,8,10-11,23-24H,1-2,7,9H2. The number of anilines is 3. The summed E-state index contributed by atoms with van der Waals surface area (Å²) in [6.45, 7) is 0.189. The molecular weight excluding hydrogens is 522 g/mol. The molecule has 2 N–H and O–H groups in total. The Hall–Kier alpha value is -1.86. The zero-order valence-electron chi connectivity index (χ0n) is 15.0. The molecule has 1 aliphatic rings. The number of hydrogen-bond acceptors (Lipinski definition) is 4. The first-order valence-electron chi connectivity index (χ1n) is 8.64. The number of carbonyl (C=O) groups is 1. The van der Waals surface area contributed by atoms with Gasteiger partial charge in [0.05, 0.1) is 11.4 Å². The molecule has 11 heteroatoms. The summed E-state index contributed by atoms with van der Waals surface area (Å²) < 4.78 is 71.7. The summed E-state index contributed by atoms with van der Waals surface area (Å²) in [4.78, 5) is 11.0. The third-order valence-corrected chi connectivity index (χ3v) is 6.64. The van der Waals surface area contributed by atoms with Crippen molar-refractivity contribution in [2.75, 3.05) is 23.1 Å². The lowest BCUT2D eigenvalue weighted by Crippen LogP contribution is -2.43. The molecule has 0 aliphatic carbocycles. The molecule has 6 nitrogen and oxygen atoms in total. The summed E-state index contributed by atoms with van der Waals surface area (Å²) in [5, 5.41) is 2.43.